The Bertz CT molecular complexity index is 506. The Balaban J connectivity index is 2.49. The van der Waals surface area contributed by atoms with Crippen molar-refractivity contribution in [2.75, 3.05) is 0 Å². The van der Waals surface area contributed by atoms with Crippen LogP contribution in [0.3, 0.4) is 0 Å². The molecule has 3 nitrogen and oxygen atoms in total. The minimum absolute atomic E-state index is 0.257. The molecule has 0 saturated carbocycles. The lowest BCUT2D eigenvalue weighted by Crippen LogP contribution is -2.14. The van der Waals surface area contributed by atoms with Crippen molar-refractivity contribution in [2.24, 2.45) is 5.41 Å². The lowest BCUT2D eigenvalue weighted by atomic mass is 9.92. The van der Waals surface area contributed by atoms with Gasteiger partial charge < -0.3 is 4.57 Å². The molecular formula is C14H21N3. The number of pyridine rings is 1. The Labute approximate surface area is 103 Å². The van der Waals surface area contributed by atoms with Crippen LogP contribution in [0.4, 0.5) is 0 Å². The third kappa shape index (κ3) is 2.65. The number of rotatable bonds is 3. The standard InChI is InChI=1S/C14H21N3/c1-5-9-17-12(10-14(2,3)4)16-11-7-6-8-15-13(11)17/h6-8H,5,9-10H2,1-4H3. The summed E-state index contributed by atoms with van der Waals surface area (Å²) >= 11 is 0. The van der Waals surface area contributed by atoms with Gasteiger partial charge in [-0.2, -0.15) is 0 Å². The van der Waals surface area contributed by atoms with E-state index in [1.165, 1.54) is 0 Å². The Hall–Kier alpha value is -1.38. The molecule has 0 amide bonds. The van der Waals surface area contributed by atoms with E-state index >= 15 is 0 Å². The van der Waals surface area contributed by atoms with Crippen LogP contribution in [0.5, 0.6) is 0 Å². The number of aryl methyl sites for hydroxylation is 1. The quantitative estimate of drug-likeness (QED) is 0.810. The first-order chi connectivity index (χ1) is 8.01. The fraction of sp³-hybridized carbons (Fsp3) is 0.571. The van der Waals surface area contributed by atoms with Gasteiger partial charge in [0.05, 0.1) is 0 Å². The van der Waals surface area contributed by atoms with Crippen LogP contribution in [0.15, 0.2) is 18.3 Å². The number of fused-ring (bicyclic) bond motifs is 1. The third-order valence-electron chi connectivity index (χ3n) is 2.72. The molecular weight excluding hydrogens is 210 g/mol. The average Bonchev–Trinajstić information content (AvgIpc) is 2.55. The third-order valence-corrected chi connectivity index (χ3v) is 2.72. The highest BCUT2D eigenvalue weighted by Crippen LogP contribution is 2.23. The maximum absolute atomic E-state index is 4.72. The van der Waals surface area contributed by atoms with Gasteiger partial charge in [0.2, 0.25) is 0 Å². The summed E-state index contributed by atoms with van der Waals surface area (Å²) < 4.78 is 2.26. The summed E-state index contributed by atoms with van der Waals surface area (Å²) in [4.78, 5) is 9.17. The topological polar surface area (TPSA) is 30.7 Å². The van der Waals surface area contributed by atoms with Crippen molar-refractivity contribution in [3.05, 3.63) is 24.2 Å². The second-order valence-corrected chi connectivity index (χ2v) is 5.76. The largest absolute Gasteiger partial charge is 0.313 e. The lowest BCUT2D eigenvalue weighted by molar-refractivity contribution is 0.392. The van der Waals surface area contributed by atoms with Gasteiger partial charge >= 0.3 is 0 Å². The zero-order chi connectivity index (χ0) is 12.5. The number of nitrogens with zero attached hydrogens (tertiary/aromatic N) is 3. The van der Waals surface area contributed by atoms with E-state index in [9.17, 15) is 0 Å². The van der Waals surface area contributed by atoms with Crippen LogP contribution in [0.25, 0.3) is 11.2 Å². The average molecular weight is 231 g/mol. The summed E-state index contributed by atoms with van der Waals surface area (Å²) in [6.07, 6.45) is 3.94. The predicted octanol–water partition coefficient (Wildman–Crippen LogP) is 3.43. The Morgan fingerprint density at radius 1 is 1.29 bits per heavy atom. The van der Waals surface area contributed by atoms with Crippen molar-refractivity contribution in [2.45, 2.75) is 47.1 Å². The zero-order valence-electron chi connectivity index (χ0n) is 11.2. The summed E-state index contributed by atoms with van der Waals surface area (Å²) in [5.74, 6) is 1.16. The van der Waals surface area contributed by atoms with Gasteiger partial charge in [-0.05, 0) is 24.0 Å². The molecule has 2 heterocycles. The minimum atomic E-state index is 0.257. The first kappa shape index (κ1) is 12.1. The maximum Gasteiger partial charge on any atom is 0.159 e. The van der Waals surface area contributed by atoms with E-state index in [2.05, 4.69) is 37.2 Å². The molecule has 0 atom stereocenters. The summed E-state index contributed by atoms with van der Waals surface area (Å²) in [5.41, 5.74) is 2.29. The van der Waals surface area contributed by atoms with Gasteiger partial charge in [0.25, 0.3) is 0 Å². The van der Waals surface area contributed by atoms with E-state index in [-0.39, 0.29) is 5.41 Å². The van der Waals surface area contributed by atoms with Gasteiger partial charge in [-0.15, -0.1) is 0 Å². The minimum Gasteiger partial charge on any atom is -0.313 e. The van der Waals surface area contributed by atoms with Gasteiger partial charge in [0.15, 0.2) is 5.65 Å². The molecule has 2 aromatic rings. The molecule has 3 heteroatoms. The molecule has 0 aliphatic rings. The second-order valence-electron chi connectivity index (χ2n) is 5.76. The molecule has 0 spiro atoms. The molecule has 92 valence electrons. The number of aromatic nitrogens is 3. The molecule has 2 rings (SSSR count). The molecule has 2 aromatic heterocycles. The van der Waals surface area contributed by atoms with E-state index < -0.39 is 0 Å². The normalized spacial score (nSPS) is 12.2. The van der Waals surface area contributed by atoms with Crippen LogP contribution < -0.4 is 0 Å². The highest BCUT2D eigenvalue weighted by molar-refractivity contribution is 5.71. The van der Waals surface area contributed by atoms with Crippen LogP contribution in [0.1, 0.15) is 39.9 Å². The van der Waals surface area contributed by atoms with Crippen molar-refractivity contribution >= 4 is 11.2 Å². The molecule has 0 aromatic carbocycles. The van der Waals surface area contributed by atoms with E-state index in [0.29, 0.717) is 0 Å². The van der Waals surface area contributed by atoms with Crippen molar-refractivity contribution in [3.8, 4) is 0 Å². The van der Waals surface area contributed by atoms with Crippen molar-refractivity contribution < 1.29 is 0 Å². The monoisotopic (exact) mass is 231 g/mol. The molecule has 0 bridgehead atoms. The Morgan fingerprint density at radius 2 is 2.06 bits per heavy atom. The van der Waals surface area contributed by atoms with Crippen LogP contribution in [-0.4, -0.2) is 14.5 Å². The SMILES string of the molecule is CCCn1c(CC(C)(C)C)nc2cccnc21. The van der Waals surface area contributed by atoms with Gasteiger partial charge in [0, 0.05) is 19.2 Å². The van der Waals surface area contributed by atoms with E-state index in [1.54, 1.807) is 0 Å². The molecule has 0 aliphatic heterocycles. The Kier molecular flexibility index (Phi) is 3.18. The molecule has 0 unspecified atom stereocenters. The second kappa shape index (κ2) is 4.47. The smallest absolute Gasteiger partial charge is 0.159 e. The van der Waals surface area contributed by atoms with E-state index in [4.69, 9.17) is 4.98 Å². The van der Waals surface area contributed by atoms with Gasteiger partial charge in [-0.25, -0.2) is 9.97 Å². The number of hydrogen-bond donors (Lipinski definition) is 0. The number of imidazole rings is 1. The highest BCUT2D eigenvalue weighted by Gasteiger charge is 2.18. The van der Waals surface area contributed by atoms with Gasteiger partial charge in [-0.1, -0.05) is 27.7 Å². The first-order valence-electron chi connectivity index (χ1n) is 6.31. The summed E-state index contributed by atoms with van der Waals surface area (Å²) in [5, 5.41) is 0. The summed E-state index contributed by atoms with van der Waals surface area (Å²) in [6.45, 7) is 9.93. The van der Waals surface area contributed by atoms with Gasteiger partial charge in [-0.3, -0.25) is 0 Å². The van der Waals surface area contributed by atoms with Crippen molar-refractivity contribution in [3.63, 3.8) is 0 Å². The van der Waals surface area contributed by atoms with Gasteiger partial charge in [0.1, 0.15) is 11.3 Å². The van der Waals surface area contributed by atoms with Crippen LogP contribution in [-0.2, 0) is 13.0 Å². The first-order valence-corrected chi connectivity index (χ1v) is 6.31. The molecule has 0 aliphatic carbocycles. The van der Waals surface area contributed by atoms with E-state index in [0.717, 1.165) is 36.4 Å². The molecule has 0 saturated heterocycles. The molecule has 0 N–H and O–H groups in total. The lowest BCUT2D eigenvalue weighted by Gasteiger charge is -2.18. The van der Waals surface area contributed by atoms with Crippen LogP contribution in [0.2, 0.25) is 0 Å². The van der Waals surface area contributed by atoms with Crippen molar-refractivity contribution in [1.29, 1.82) is 0 Å². The fourth-order valence-electron chi connectivity index (χ4n) is 2.07. The van der Waals surface area contributed by atoms with Crippen LogP contribution in [0, 0.1) is 5.41 Å². The maximum atomic E-state index is 4.72. The van der Waals surface area contributed by atoms with Crippen molar-refractivity contribution in [1.82, 2.24) is 14.5 Å². The molecule has 17 heavy (non-hydrogen) atoms. The van der Waals surface area contributed by atoms with E-state index in [1.807, 2.05) is 18.3 Å². The summed E-state index contributed by atoms with van der Waals surface area (Å²) in [7, 11) is 0. The number of hydrogen-bond acceptors (Lipinski definition) is 2. The summed E-state index contributed by atoms with van der Waals surface area (Å²) in [6, 6.07) is 3.99. The predicted molar refractivity (Wildman–Crippen MR) is 71.0 cm³/mol. The highest BCUT2D eigenvalue weighted by atomic mass is 15.1. The zero-order valence-corrected chi connectivity index (χ0v) is 11.2. The Morgan fingerprint density at radius 3 is 2.71 bits per heavy atom. The van der Waals surface area contributed by atoms with Crippen LogP contribution >= 0.6 is 0 Å². The molecule has 0 fully saturated rings. The molecule has 0 radical (unpaired) electrons. The fourth-order valence-corrected chi connectivity index (χ4v) is 2.07.